The maximum absolute atomic E-state index is 12.0. The largest absolute Gasteiger partial charge is 0.396 e. The number of nitrogens with zero attached hydrogens (tertiary/aromatic N) is 1. The molecule has 0 saturated heterocycles. The zero-order valence-electron chi connectivity index (χ0n) is 12.5. The summed E-state index contributed by atoms with van der Waals surface area (Å²) in [7, 11) is 0. The van der Waals surface area contributed by atoms with Gasteiger partial charge < -0.3 is 15.7 Å². The Bertz CT molecular complexity index is 407. The highest BCUT2D eigenvalue weighted by Crippen LogP contribution is 2.16. The molecule has 0 spiro atoms. The van der Waals surface area contributed by atoms with Crippen molar-refractivity contribution in [3.8, 4) is 0 Å². The van der Waals surface area contributed by atoms with E-state index >= 15 is 0 Å². The third-order valence-corrected chi connectivity index (χ3v) is 3.76. The average molecular weight is 299 g/mol. The fourth-order valence-electron chi connectivity index (χ4n) is 2.09. The van der Waals surface area contributed by atoms with Crippen LogP contribution < -0.4 is 10.6 Å². The lowest BCUT2D eigenvalue weighted by Crippen LogP contribution is -2.30. The molecule has 0 aromatic carbocycles. The van der Waals surface area contributed by atoms with Crippen LogP contribution in [-0.2, 0) is 0 Å². The van der Waals surface area contributed by atoms with Crippen molar-refractivity contribution in [3.05, 3.63) is 11.1 Å². The molecule has 114 valence electrons. The van der Waals surface area contributed by atoms with Crippen molar-refractivity contribution in [3.63, 3.8) is 0 Å². The highest BCUT2D eigenvalue weighted by molar-refractivity contribution is 7.13. The van der Waals surface area contributed by atoms with Gasteiger partial charge in [-0.25, -0.2) is 4.98 Å². The summed E-state index contributed by atoms with van der Waals surface area (Å²) in [5.74, 6) is 0.732. The molecule has 1 unspecified atom stereocenters. The van der Waals surface area contributed by atoms with E-state index in [9.17, 15) is 4.79 Å². The van der Waals surface area contributed by atoms with Gasteiger partial charge >= 0.3 is 0 Å². The van der Waals surface area contributed by atoms with E-state index in [-0.39, 0.29) is 12.5 Å². The predicted octanol–water partition coefficient (Wildman–Crippen LogP) is 2.35. The summed E-state index contributed by atoms with van der Waals surface area (Å²) >= 11 is 1.43. The molecule has 5 nitrogen and oxygen atoms in total. The first-order chi connectivity index (χ1) is 9.56. The third-order valence-electron chi connectivity index (χ3n) is 2.96. The molecule has 20 heavy (non-hydrogen) atoms. The maximum atomic E-state index is 12.0. The topological polar surface area (TPSA) is 74.2 Å². The van der Waals surface area contributed by atoms with Gasteiger partial charge in [-0.05, 0) is 31.6 Å². The summed E-state index contributed by atoms with van der Waals surface area (Å²) in [6.45, 7) is 7.83. The van der Waals surface area contributed by atoms with E-state index in [4.69, 9.17) is 5.11 Å². The van der Waals surface area contributed by atoms with Crippen molar-refractivity contribution in [1.29, 1.82) is 0 Å². The van der Waals surface area contributed by atoms with Gasteiger partial charge in [0.15, 0.2) is 5.13 Å². The zero-order chi connectivity index (χ0) is 15.0. The number of amides is 1. The molecule has 6 heteroatoms. The predicted molar refractivity (Wildman–Crippen MR) is 83.3 cm³/mol. The third kappa shape index (κ3) is 5.88. The fraction of sp³-hybridized carbons (Fsp3) is 0.714. The van der Waals surface area contributed by atoms with Gasteiger partial charge in [-0.3, -0.25) is 4.79 Å². The van der Waals surface area contributed by atoms with Crippen LogP contribution in [0.15, 0.2) is 5.38 Å². The lowest BCUT2D eigenvalue weighted by atomic mass is 9.94. The number of hydrogen-bond donors (Lipinski definition) is 3. The number of carbonyl (C=O) groups is 1. The van der Waals surface area contributed by atoms with E-state index in [1.807, 2.05) is 6.92 Å². The van der Waals surface area contributed by atoms with Crippen LogP contribution in [-0.4, -0.2) is 35.7 Å². The molecule has 0 bridgehead atoms. The van der Waals surface area contributed by atoms with Crippen LogP contribution in [0.1, 0.15) is 44.1 Å². The van der Waals surface area contributed by atoms with Crippen molar-refractivity contribution >= 4 is 22.4 Å². The second-order valence-electron chi connectivity index (χ2n) is 5.29. The molecule has 0 aliphatic heterocycles. The molecule has 0 aliphatic carbocycles. The molecule has 1 aromatic rings. The Morgan fingerprint density at radius 1 is 1.50 bits per heavy atom. The van der Waals surface area contributed by atoms with Gasteiger partial charge in [0.25, 0.3) is 5.91 Å². The fourth-order valence-corrected chi connectivity index (χ4v) is 2.85. The number of anilines is 1. The van der Waals surface area contributed by atoms with Gasteiger partial charge in [0, 0.05) is 25.1 Å². The number of carbonyl (C=O) groups excluding carboxylic acids is 1. The van der Waals surface area contributed by atoms with Crippen LogP contribution in [0.25, 0.3) is 0 Å². The van der Waals surface area contributed by atoms with Crippen LogP contribution >= 0.6 is 11.3 Å². The zero-order valence-corrected chi connectivity index (χ0v) is 13.3. The van der Waals surface area contributed by atoms with Crippen LogP contribution in [0, 0.1) is 11.8 Å². The molecule has 1 rings (SSSR count). The summed E-state index contributed by atoms with van der Waals surface area (Å²) in [5, 5.41) is 17.6. The summed E-state index contributed by atoms with van der Waals surface area (Å²) in [5.41, 5.74) is 0.457. The molecule has 0 radical (unpaired) electrons. The maximum Gasteiger partial charge on any atom is 0.270 e. The molecule has 0 saturated carbocycles. The van der Waals surface area contributed by atoms with Crippen LogP contribution in [0.3, 0.4) is 0 Å². The first kappa shape index (κ1) is 16.9. The van der Waals surface area contributed by atoms with Gasteiger partial charge in [0.2, 0.25) is 0 Å². The smallest absolute Gasteiger partial charge is 0.270 e. The molecule has 0 aliphatic rings. The van der Waals surface area contributed by atoms with Crippen LogP contribution in [0.4, 0.5) is 5.13 Å². The minimum atomic E-state index is -0.142. The SMILES string of the molecule is CCNc1nc(C(=O)NCC(CCO)CC(C)C)cs1. The Labute approximate surface area is 124 Å². The molecule has 1 heterocycles. The standard InChI is InChI=1S/C14H25N3O2S/c1-4-15-14-17-12(9-20-14)13(19)16-8-11(5-6-18)7-10(2)3/h9-11,18H,4-8H2,1-3H3,(H,15,17)(H,16,19). The monoisotopic (exact) mass is 299 g/mol. The van der Waals surface area contributed by atoms with Crippen LogP contribution in [0.2, 0.25) is 0 Å². The molecule has 3 N–H and O–H groups in total. The number of thiazole rings is 1. The number of rotatable bonds is 9. The summed E-state index contributed by atoms with van der Waals surface area (Å²) < 4.78 is 0. The quantitative estimate of drug-likeness (QED) is 0.654. The molecular weight excluding hydrogens is 274 g/mol. The first-order valence-corrected chi connectivity index (χ1v) is 8.03. The summed E-state index contributed by atoms with van der Waals surface area (Å²) in [6, 6.07) is 0. The highest BCUT2D eigenvalue weighted by Gasteiger charge is 2.14. The summed E-state index contributed by atoms with van der Waals surface area (Å²) in [6.07, 6.45) is 1.72. The van der Waals surface area contributed by atoms with Gasteiger partial charge in [0.1, 0.15) is 5.69 Å². The van der Waals surface area contributed by atoms with E-state index in [0.29, 0.717) is 24.1 Å². The number of hydrogen-bond acceptors (Lipinski definition) is 5. The lowest BCUT2D eigenvalue weighted by molar-refractivity contribution is 0.0937. The normalized spacial score (nSPS) is 12.4. The number of aromatic nitrogens is 1. The molecule has 1 amide bonds. The van der Waals surface area contributed by atoms with E-state index in [2.05, 4.69) is 29.5 Å². The Balaban J connectivity index is 2.46. The Hall–Kier alpha value is -1.14. The van der Waals surface area contributed by atoms with Crippen LogP contribution in [0.5, 0.6) is 0 Å². The number of aliphatic hydroxyl groups is 1. The van der Waals surface area contributed by atoms with E-state index in [1.54, 1.807) is 5.38 Å². The van der Waals surface area contributed by atoms with Gasteiger partial charge in [-0.15, -0.1) is 11.3 Å². The second-order valence-corrected chi connectivity index (χ2v) is 6.14. The van der Waals surface area contributed by atoms with Gasteiger partial charge in [-0.2, -0.15) is 0 Å². The highest BCUT2D eigenvalue weighted by atomic mass is 32.1. The minimum absolute atomic E-state index is 0.142. The first-order valence-electron chi connectivity index (χ1n) is 7.15. The Kier molecular flexibility index (Phi) is 7.54. The van der Waals surface area contributed by atoms with E-state index in [0.717, 1.165) is 24.5 Å². The average Bonchev–Trinajstić information content (AvgIpc) is 2.84. The van der Waals surface area contributed by atoms with Crippen molar-refractivity contribution in [2.45, 2.75) is 33.6 Å². The van der Waals surface area contributed by atoms with Crippen molar-refractivity contribution in [2.24, 2.45) is 11.8 Å². The molecule has 0 fully saturated rings. The minimum Gasteiger partial charge on any atom is -0.396 e. The van der Waals surface area contributed by atoms with Gasteiger partial charge in [-0.1, -0.05) is 13.8 Å². The summed E-state index contributed by atoms with van der Waals surface area (Å²) in [4.78, 5) is 16.2. The van der Waals surface area contributed by atoms with Gasteiger partial charge in [0.05, 0.1) is 0 Å². The Morgan fingerprint density at radius 3 is 2.85 bits per heavy atom. The van der Waals surface area contributed by atoms with E-state index < -0.39 is 0 Å². The van der Waals surface area contributed by atoms with E-state index in [1.165, 1.54) is 11.3 Å². The van der Waals surface area contributed by atoms with Crippen molar-refractivity contribution in [1.82, 2.24) is 10.3 Å². The van der Waals surface area contributed by atoms with Crippen molar-refractivity contribution < 1.29 is 9.90 Å². The molecular formula is C14H25N3O2S. The lowest BCUT2D eigenvalue weighted by Gasteiger charge is -2.18. The number of aliphatic hydroxyl groups excluding tert-OH is 1. The van der Waals surface area contributed by atoms with Crippen molar-refractivity contribution in [2.75, 3.05) is 25.0 Å². The second kappa shape index (κ2) is 8.92. The number of nitrogens with one attached hydrogen (secondary N) is 2. The Morgan fingerprint density at radius 2 is 2.25 bits per heavy atom. The molecule has 1 aromatic heterocycles. The molecule has 1 atom stereocenters.